The van der Waals surface area contributed by atoms with Gasteiger partial charge in [0.1, 0.15) is 0 Å². The van der Waals surface area contributed by atoms with E-state index in [1.807, 2.05) is 35.8 Å². The van der Waals surface area contributed by atoms with Gasteiger partial charge >= 0.3 is 0 Å². The van der Waals surface area contributed by atoms with Crippen LogP contribution in [-0.4, -0.2) is 85.0 Å². The van der Waals surface area contributed by atoms with Crippen molar-refractivity contribution >= 4 is 11.8 Å². The maximum Gasteiger partial charge on any atom is 0.246 e. The molecule has 2 rings (SSSR count). The Kier molecular flexibility index (Phi) is 6.80. The Morgan fingerprint density at radius 2 is 1.61 bits per heavy atom. The normalized spacial score (nSPS) is 22.0. The van der Waals surface area contributed by atoms with E-state index in [2.05, 4.69) is 4.90 Å². The number of carbonyl (C=O) groups excluding carboxylic acids is 2. The molecule has 1 unspecified atom stereocenters. The lowest BCUT2D eigenvalue weighted by Gasteiger charge is -2.39. The van der Waals surface area contributed by atoms with Crippen molar-refractivity contribution in [2.24, 2.45) is 0 Å². The third-order valence-corrected chi connectivity index (χ3v) is 4.40. The van der Waals surface area contributed by atoms with Crippen molar-refractivity contribution in [1.82, 2.24) is 14.7 Å². The van der Waals surface area contributed by atoms with Crippen LogP contribution in [0.4, 0.5) is 0 Å². The maximum absolute atomic E-state index is 12.5. The molecule has 0 aromatic heterocycles. The van der Waals surface area contributed by atoms with Gasteiger partial charge in [-0.05, 0) is 13.8 Å². The summed E-state index contributed by atoms with van der Waals surface area (Å²) in [6.07, 6.45) is 7.09. The van der Waals surface area contributed by atoms with E-state index in [0.717, 1.165) is 13.1 Å². The molecule has 1 atom stereocenters. The summed E-state index contributed by atoms with van der Waals surface area (Å²) in [5, 5.41) is 0. The van der Waals surface area contributed by atoms with Gasteiger partial charge in [0, 0.05) is 45.3 Å². The molecule has 0 aromatic carbocycles. The predicted octanol–water partition coefficient (Wildman–Crippen LogP) is 0.510. The number of piperazine rings is 1. The van der Waals surface area contributed by atoms with E-state index in [4.69, 9.17) is 4.74 Å². The second-order valence-corrected chi connectivity index (χ2v) is 5.86. The molecule has 0 aliphatic carbocycles. The van der Waals surface area contributed by atoms with Crippen molar-refractivity contribution in [2.75, 3.05) is 52.5 Å². The van der Waals surface area contributed by atoms with Crippen molar-refractivity contribution in [3.63, 3.8) is 0 Å². The van der Waals surface area contributed by atoms with E-state index in [0.29, 0.717) is 39.4 Å². The monoisotopic (exact) mass is 321 g/mol. The maximum atomic E-state index is 12.5. The lowest BCUT2D eigenvalue weighted by molar-refractivity contribution is -0.141. The van der Waals surface area contributed by atoms with Crippen LogP contribution in [0.25, 0.3) is 0 Å². The third kappa shape index (κ3) is 4.91. The van der Waals surface area contributed by atoms with Crippen molar-refractivity contribution in [2.45, 2.75) is 19.9 Å². The van der Waals surface area contributed by atoms with Crippen LogP contribution in [-0.2, 0) is 14.3 Å². The van der Waals surface area contributed by atoms with Crippen LogP contribution in [0.15, 0.2) is 24.3 Å². The molecule has 0 spiro atoms. The summed E-state index contributed by atoms with van der Waals surface area (Å²) in [5.41, 5.74) is 0. The number of ether oxygens (including phenoxy) is 1. The minimum absolute atomic E-state index is 0.0370. The standard InChI is InChI=1S/C17H27N3O3/c1-3-4-5-6-16(21)19-9-7-18(8-10-19)15(2)17(22)20-11-13-23-14-12-20/h3-6,15H,7-14H2,1-2H3/b4-3+,6-5+. The van der Waals surface area contributed by atoms with Gasteiger partial charge in [-0.15, -0.1) is 0 Å². The Morgan fingerprint density at radius 3 is 2.22 bits per heavy atom. The van der Waals surface area contributed by atoms with Gasteiger partial charge in [0.25, 0.3) is 0 Å². The highest BCUT2D eigenvalue weighted by Gasteiger charge is 2.30. The zero-order valence-electron chi connectivity index (χ0n) is 14.1. The molecule has 2 aliphatic heterocycles. The van der Waals surface area contributed by atoms with E-state index >= 15 is 0 Å². The minimum atomic E-state index is -0.135. The van der Waals surface area contributed by atoms with Crippen molar-refractivity contribution in [3.05, 3.63) is 24.3 Å². The smallest absolute Gasteiger partial charge is 0.246 e. The molecule has 0 radical (unpaired) electrons. The lowest BCUT2D eigenvalue weighted by Crippen LogP contribution is -2.56. The highest BCUT2D eigenvalue weighted by atomic mass is 16.5. The average Bonchev–Trinajstić information content (AvgIpc) is 2.61. The topological polar surface area (TPSA) is 53.1 Å². The number of carbonyl (C=O) groups is 2. The largest absolute Gasteiger partial charge is 0.378 e. The predicted molar refractivity (Wildman–Crippen MR) is 89.0 cm³/mol. The number of nitrogens with zero attached hydrogens (tertiary/aromatic N) is 3. The Bertz CT molecular complexity index is 462. The summed E-state index contributed by atoms with van der Waals surface area (Å²) in [5.74, 6) is 0.205. The Balaban J connectivity index is 1.81. The summed E-state index contributed by atoms with van der Waals surface area (Å²) in [6.45, 7) is 9.29. The molecular weight excluding hydrogens is 294 g/mol. The van der Waals surface area contributed by atoms with Gasteiger partial charge in [0.05, 0.1) is 19.3 Å². The van der Waals surface area contributed by atoms with Gasteiger partial charge in [0.2, 0.25) is 11.8 Å². The van der Waals surface area contributed by atoms with Crippen molar-refractivity contribution in [1.29, 1.82) is 0 Å². The van der Waals surface area contributed by atoms with E-state index in [1.54, 1.807) is 12.2 Å². The second kappa shape index (κ2) is 8.84. The Morgan fingerprint density at radius 1 is 0.957 bits per heavy atom. The quantitative estimate of drug-likeness (QED) is 0.559. The number of hydrogen-bond acceptors (Lipinski definition) is 4. The molecule has 0 aromatic rings. The Labute approximate surface area is 138 Å². The molecule has 2 amide bonds. The van der Waals surface area contributed by atoms with Crippen molar-refractivity contribution < 1.29 is 14.3 Å². The Hall–Kier alpha value is -1.66. The van der Waals surface area contributed by atoms with E-state index in [1.165, 1.54) is 0 Å². The van der Waals surface area contributed by atoms with E-state index < -0.39 is 0 Å². The first kappa shape index (κ1) is 17.7. The van der Waals surface area contributed by atoms with E-state index in [-0.39, 0.29) is 17.9 Å². The van der Waals surface area contributed by atoms with Crippen LogP contribution in [0, 0.1) is 0 Å². The molecule has 0 bridgehead atoms. The first-order valence-corrected chi connectivity index (χ1v) is 8.32. The first-order chi connectivity index (χ1) is 11.1. The van der Waals surface area contributed by atoms with Gasteiger partial charge in [-0.2, -0.15) is 0 Å². The van der Waals surface area contributed by atoms with Gasteiger partial charge in [-0.1, -0.05) is 18.2 Å². The van der Waals surface area contributed by atoms with Gasteiger partial charge in [-0.3, -0.25) is 14.5 Å². The fourth-order valence-corrected chi connectivity index (χ4v) is 2.89. The van der Waals surface area contributed by atoms with Crippen molar-refractivity contribution in [3.8, 4) is 0 Å². The number of hydrogen-bond donors (Lipinski definition) is 0. The molecule has 2 heterocycles. The number of morpholine rings is 1. The summed E-state index contributed by atoms with van der Waals surface area (Å²) in [7, 11) is 0. The van der Waals surface area contributed by atoms with Gasteiger partial charge in [-0.25, -0.2) is 0 Å². The number of amides is 2. The zero-order chi connectivity index (χ0) is 16.7. The highest BCUT2D eigenvalue weighted by Crippen LogP contribution is 2.11. The molecule has 2 saturated heterocycles. The molecule has 23 heavy (non-hydrogen) atoms. The summed E-state index contributed by atoms with van der Waals surface area (Å²) in [4.78, 5) is 30.4. The average molecular weight is 321 g/mol. The SMILES string of the molecule is C/C=C/C=C/C(=O)N1CCN(C(C)C(=O)N2CCOCC2)CC1. The molecule has 2 aliphatic rings. The second-order valence-electron chi connectivity index (χ2n) is 5.86. The van der Waals surface area contributed by atoms with Gasteiger partial charge in [0.15, 0.2) is 0 Å². The van der Waals surface area contributed by atoms with Crippen LogP contribution >= 0.6 is 0 Å². The first-order valence-electron chi connectivity index (χ1n) is 8.32. The fourth-order valence-electron chi connectivity index (χ4n) is 2.89. The highest BCUT2D eigenvalue weighted by molar-refractivity contribution is 5.88. The number of rotatable bonds is 4. The lowest BCUT2D eigenvalue weighted by atomic mass is 10.2. The van der Waals surface area contributed by atoms with Gasteiger partial charge < -0.3 is 14.5 Å². The summed E-state index contributed by atoms with van der Waals surface area (Å²) >= 11 is 0. The van der Waals surface area contributed by atoms with Crippen LogP contribution in [0.2, 0.25) is 0 Å². The van der Waals surface area contributed by atoms with Crippen LogP contribution in [0.3, 0.4) is 0 Å². The molecule has 6 nitrogen and oxygen atoms in total. The molecule has 6 heteroatoms. The number of allylic oxidation sites excluding steroid dienone is 3. The third-order valence-electron chi connectivity index (χ3n) is 4.40. The molecular formula is C17H27N3O3. The fraction of sp³-hybridized carbons (Fsp3) is 0.647. The van der Waals surface area contributed by atoms with E-state index in [9.17, 15) is 9.59 Å². The molecule has 0 N–H and O–H groups in total. The van der Waals surface area contributed by atoms with Crippen LogP contribution in [0.5, 0.6) is 0 Å². The van der Waals surface area contributed by atoms with Crippen LogP contribution in [0.1, 0.15) is 13.8 Å². The molecule has 128 valence electrons. The zero-order valence-corrected chi connectivity index (χ0v) is 14.1. The van der Waals surface area contributed by atoms with Crippen LogP contribution < -0.4 is 0 Å². The molecule has 2 fully saturated rings. The summed E-state index contributed by atoms with van der Waals surface area (Å²) in [6, 6.07) is -0.135. The molecule has 0 saturated carbocycles. The summed E-state index contributed by atoms with van der Waals surface area (Å²) < 4.78 is 5.29. The minimum Gasteiger partial charge on any atom is -0.378 e.